The molecular weight excluding hydrogens is 308 g/mol. The van der Waals surface area contributed by atoms with Crippen molar-refractivity contribution in [2.24, 2.45) is 0 Å². The molecule has 1 aliphatic heterocycles. The molecule has 1 saturated heterocycles. The summed E-state index contributed by atoms with van der Waals surface area (Å²) in [4.78, 5) is 26.4. The number of nitrogens with zero attached hydrogens (tertiary/aromatic N) is 1. The van der Waals surface area contributed by atoms with Crippen molar-refractivity contribution in [1.82, 2.24) is 4.90 Å². The van der Waals surface area contributed by atoms with Gasteiger partial charge >= 0.3 is 6.03 Å². The summed E-state index contributed by atoms with van der Waals surface area (Å²) >= 11 is 0. The Morgan fingerprint density at radius 1 is 1.38 bits per heavy atom. The van der Waals surface area contributed by atoms with E-state index in [1.807, 2.05) is 4.90 Å². The van der Waals surface area contributed by atoms with E-state index in [4.69, 9.17) is 9.15 Å². The van der Waals surface area contributed by atoms with Gasteiger partial charge in [-0.15, -0.1) is 0 Å². The number of carbonyl (C=O) groups excluding carboxylic acids is 1. The highest BCUT2D eigenvalue weighted by Gasteiger charge is 2.26. The van der Waals surface area contributed by atoms with Gasteiger partial charge in [-0.1, -0.05) is 0 Å². The smallest absolute Gasteiger partial charge is 0.322 e. The number of amides is 2. The van der Waals surface area contributed by atoms with Crippen LogP contribution >= 0.6 is 0 Å². The molecule has 1 unspecified atom stereocenters. The fourth-order valence-electron chi connectivity index (χ4n) is 3.18. The summed E-state index contributed by atoms with van der Waals surface area (Å²) in [5, 5.41) is 3.37. The topological polar surface area (TPSA) is 71.8 Å². The molecule has 1 atom stereocenters. The summed E-state index contributed by atoms with van der Waals surface area (Å²) in [6.45, 7) is 1.39. The van der Waals surface area contributed by atoms with Crippen LogP contribution in [0.25, 0.3) is 11.0 Å². The zero-order chi connectivity index (χ0) is 16.9. The minimum absolute atomic E-state index is 0.122. The molecule has 6 nitrogen and oxygen atoms in total. The minimum Gasteiger partial charge on any atom is -0.464 e. The molecule has 1 aromatic heterocycles. The van der Waals surface area contributed by atoms with E-state index in [-0.39, 0.29) is 17.5 Å². The number of urea groups is 1. The van der Waals surface area contributed by atoms with Gasteiger partial charge in [-0.2, -0.15) is 0 Å². The predicted molar refractivity (Wildman–Crippen MR) is 92.3 cm³/mol. The molecule has 2 aromatic rings. The van der Waals surface area contributed by atoms with E-state index in [2.05, 4.69) is 5.32 Å². The fourth-order valence-corrected chi connectivity index (χ4v) is 3.18. The number of anilines is 1. The molecular formula is C18H22N2O4. The first-order valence-electron chi connectivity index (χ1n) is 8.27. The third-order valence-corrected chi connectivity index (χ3v) is 4.45. The molecule has 128 valence electrons. The maximum atomic E-state index is 12.6. The second kappa shape index (κ2) is 7.49. The maximum Gasteiger partial charge on any atom is 0.322 e. The van der Waals surface area contributed by atoms with Crippen LogP contribution in [0.4, 0.5) is 10.5 Å². The number of hydrogen-bond acceptors (Lipinski definition) is 4. The highest BCUT2D eigenvalue weighted by Crippen LogP contribution is 2.22. The van der Waals surface area contributed by atoms with Crippen LogP contribution in [0.3, 0.4) is 0 Å². The average molecular weight is 330 g/mol. The Kier molecular flexibility index (Phi) is 5.15. The van der Waals surface area contributed by atoms with Crippen LogP contribution in [0, 0.1) is 0 Å². The maximum absolute atomic E-state index is 12.6. The van der Waals surface area contributed by atoms with Crippen molar-refractivity contribution >= 4 is 22.7 Å². The third kappa shape index (κ3) is 3.59. The number of piperidine rings is 1. The number of rotatable bonds is 4. The summed E-state index contributed by atoms with van der Waals surface area (Å²) in [5.74, 6) is 0. The van der Waals surface area contributed by atoms with Crippen molar-refractivity contribution in [3.05, 3.63) is 40.8 Å². The summed E-state index contributed by atoms with van der Waals surface area (Å²) in [6, 6.07) is 6.55. The first kappa shape index (κ1) is 16.5. The van der Waals surface area contributed by atoms with Crippen LogP contribution in [-0.4, -0.2) is 37.2 Å². The van der Waals surface area contributed by atoms with Gasteiger partial charge in [0.15, 0.2) is 5.43 Å². The van der Waals surface area contributed by atoms with Gasteiger partial charge in [0.1, 0.15) is 5.58 Å². The fraction of sp³-hybridized carbons (Fsp3) is 0.444. The number of ether oxygens (including phenoxy) is 1. The first-order valence-corrected chi connectivity index (χ1v) is 8.27. The van der Waals surface area contributed by atoms with Gasteiger partial charge in [-0.3, -0.25) is 4.79 Å². The highest BCUT2D eigenvalue weighted by molar-refractivity contribution is 5.92. The lowest BCUT2D eigenvalue weighted by molar-refractivity contribution is 0.123. The van der Waals surface area contributed by atoms with E-state index >= 15 is 0 Å². The van der Waals surface area contributed by atoms with E-state index in [1.54, 1.807) is 25.3 Å². The summed E-state index contributed by atoms with van der Waals surface area (Å²) in [5.41, 5.74) is 0.988. The standard InChI is InChI=1S/C18H22N2O4/c1-23-10-7-14-4-2-3-9-20(14)18(22)19-13-5-6-17-15(12-13)16(21)8-11-24-17/h5-6,8,11-12,14H,2-4,7,9-10H2,1H3,(H,19,22). The second-order valence-corrected chi connectivity index (χ2v) is 6.05. The number of hydrogen-bond donors (Lipinski definition) is 1. The van der Waals surface area contributed by atoms with E-state index in [0.717, 1.165) is 32.2 Å². The van der Waals surface area contributed by atoms with E-state index in [0.29, 0.717) is 23.3 Å². The van der Waals surface area contributed by atoms with E-state index in [1.165, 1.54) is 12.3 Å². The number of benzene rings is 1. The molecule has 1 aliphatic rings. The monoisotopic (exact) mass is 330 g/mol. The van der Waals surface area contributed by atoms with Crippen LogP contribution in [0.2, 0.25) is 0 Å². The van der Waals surface area contributed by atoms with Crippen molar-refractivity contribution in [3.63, 3.8) is 0 Å². The van der Waals surface area contributed by atoms with Gasteiger partial charge in [-0.25, -0.2) is 4.79 Å². The van der Waals surface area contributed by atoms with Crippen LogP contribution in [0.15, 0.2) is 39.7 Å². The molecule has 1 aromatic carbocycles. The Hall–Kier alpha value is -2.34. The zero-order valence-electron chi connectivity index (χ0n) is 13.8. The normalized spacial score (nSPS) is 17.9. The third-order valence-electron chi connectivity index (χ3n) is 4.45. The molecule has 1 fully saturated rings. The quantitative estimate of drug-likeness (QED) is 0.934. The molecule has 0 spiro atoms. The SMILES string of the molecule is COCCC1CCCCN1C(=O)Nc1ccc2occc(=O)c2c1. The number of carbonyl (C=O) groups is 1. The van der Waals surface area contributed by atoms with Crippen molar-refractivity contribution in [3.8, 4) is 0 Å². The molecule has 0 saturated carbocycles. The predicted octanol–water partition coefficient (Wildman–Crippen LogP) is 3.22. The minimum atomic E-state index is -0.129. The Morgan fingerprint density at radius 2 is 2.25 bits per heavy atom. The lowest BCUT2D eigenvalue weighted by Gasteiger charge is -2.35. The molecule has 0 aliphatic carbocycles. The largest absolute Gasteiger partial charge is 0.464 e. The first-order chi connectivity index (χ1) is 11.7. The molecule has 0 radical (unpaired) electrons. The van der Waals surface area contributed by atoms with E-state index < -0.39 is 0 Å². The van der Waals surface area contributed by atoms with Crippen molar-refractivity contribution < 1.29 is 13.9 Å². The highest BCUT2D eigenvalue weighted by atomic mass is 16.5. The molecule has 0 bridgehead atoms. The summed E-state index contributed by atoms with van der Waals surface area (Å²) < 4.78 is 10.4. The Balaban J connectivity index is 1.75. The number of nitrogens with one attached hydrogen (secondary N) is 1. The number of methoxy groups -OCH3 is 1. The van der Waals surface area contributed by atoms with Gasteiger partial charge in [0.25, 0.3) is 0 Å². The lowest BCUT2D eigenvalue weighted by atomic mass is 10.00. The summed E-state index contributed by atoms with van der Waals surface area (Å²) in [6.07, 6.45) is 5.35. The number of likely N-dealkylation sites (tertiary alicyclic amines) is 1. The Morgan fingerprint density at radius 3 is 3.08 bits per heavy atom. The van der Waals surface area contributed by atoms with Crippen LogP contribution in [0.5, 0.6) is 0 Å². The Bertz CT molecular complexity index is 771. The lowest BCUT2D eigenvalue weighted by Crippen LogP contribution is -2.46. The van der Waals surface area contributed by atoms with Crippen LogP contribution in [0.1, 0.15) is 25.7 Å². The Labute approximate surface area is 140 Å². The van der Waals surface area contributed by atoms with Gasteiger partial charge < -0.3 is 19.4 Å². The summed E-state index contributed by atoms with van der Waals surface area (Å²) in [7, 11) is 1.67. The molecule has 6 heteroatoms. The van der Waals surface area contributed by atoms with Crippen molar-refractivity contribution in [1.29, 1.82) is 0 Å². The van der Waals surface area contributed by atoms with Gasteiger partial charge in [0.05, 0.1) is 11.6 Å². The van der Waals surface area contributed by atoms with E-state index in [9.17, 15) is 9.59 Å². The van der Waals surface area contributed by atoms with Gasteiger partial charge in [0.2, 0.25) is 0 Å². The molecule has 24 heavy (non-hydrogen) atoms. The molecule has 2 heterocycles. The second-order valence-electron chi connectivity index (χ2n) is 6.05. The molecule has 2 amide bonds. The molecule has 1 N–H and O–H groups in total. The number of fused-ring (bicyclic) bond motifs is 1. The molecule has 3 rings (SSSR count). The van der Waals surface area contributed by atoms with Crippen LogP contribution < -0.4 is 10.7 Å². The van der Waals surface area contributed by atoms with Crippen LogP contribution in [-0.2, 0) is 4.74 Å². The van der Waals surface area contributed by atoms with Gasteiger partial charge in [0, 0.05) is 38.1 Å². The van der Waals surface area contributed by atoms with Crippen molar-refractivity contribution in [2.45, 2.75) is 31.7 Å². The van der Waals surface area contributed by atoms with Crippen molar-refractivity contribution in [2.75, 3.05) is 25.6 Å². The zero-order valence-corrected chi connectivity index (χ0v) is 13.8. The average Bonchev–Trinajstić information content (AvgIpc) is 2.61. The van der Waals surface area contributed by atoms with Gasteiger partial charge in [-0.05, 0) is 43.9 Å².